The lowest BCUT2D eigenvalue weighted by Crippen LogP contribution is -2.19. The van der Waals surface area contributed by atoms with Crippen LogP contribution in [-0.4, -0.2) is 16.2 Å². The van der Waals surface area contributed by atoms with Gasteiger partial charge in [0.2, 0.25) is 0 Å². The summed E-state index contributed by atoms with van der Waals surface area (Å²) in [6.07, 6.45) is 1.67. The molecule has 0 spiro atoms. The van der Waals surface area contributed by atoms with Gasteiger partial charge in [0.05, 0.1) is 16.4 Å². The van der Waals surface area contributed by atoms with E-state index in [1.54, 1.807) is 36.5 Å². The van der Waals surface area contributed by atoms with Gasteiger partial charge in [-0.3, -0.25) is 5.10 Å². The smallest absolute Gasteiger partial charge is 0.323 e. The number of benzene rings is 3. The fraction of sp³-hybridized carbons (Fsp3) is 0.0435. The number of halogens is 2. The van der Waals surface area contributed by atoms with Crippen molar-refractivity contribution in [2.24, 2.45) is 0 Å². The molecule has 4 aromatic rings. The molecule has 3 aromatic carbocycles. The van der Waals surface area contributed by atoms with Gasteiger partial charge in [-0.25, -0.2) is 4.79 Å². The lowest BCUT2D eigenvalue weighted by atomic mass is 10.1. The van der Waals surface area contributed by atoms with Crippen LogP contribution in [0.3, 0.4) is 0 Å². The monoisotopic (exact) mass is 496 g/mol. The zero-order chi connectivity index (χ0) is 21.6. The highest BCUT2D eigenvalue weighted by Gasteiger charge is 2.14. The van der Waals surface area contributed by atoms with Crippen molar-refractivity contribution in [2.75, 3.05) is 10.6 Å². The van der Waals surface area contributed by atoms with Gasteiger partial charge < -0.3 is 15.4 Å². The summed E-state index contributed by atoms with van der Waals surface area (Å²) in [4.78, 5) is 12.4. The number of amides is 2. The van der Waals surface area contributed by atoms with E-state index in [2.05, 4.69) is 36.8 Å². The summed E-state index contributed by atoms with van der Waals surface area (Å²) in [5.41, 5.74) is 3.83. The number of rotatable bonds is 6. The number of carbonyl (C=O) groups is 1. The second kappa shape index (κ2) is 9.68. The Morgan fingerprint density at radius 1 is 1.00 bits per heavy atom. The van der Waals surface area contributed by atoms with Gasteiger partial charge >= 0.3 is 6.03 Å². The number of aromatic amines is 1. The van der Waals surface area contributed by atoms with Crippen molar-refractivity contribution in [2.45, 2.75) is 6.61 Å². The van der Waals surface area contributed by atoms with Crippen LogP contribution in [0, 0.1) is 0 Å². The molecule has 0 saturated heterocycles. The first-order chi connectivity index (χ1) is 15.1. The third kappa shape index (κ3) is 5.45. The Hall–Kier alpha value is -3.29. The lowest BCUT2D eigenvalue weighted by molar-refractivity contribution is 0.262. The van der Waals surface area contributed by atoms with Gasteiger partial charge in [0.25, 0.3) is 0 Å². The van der Waals surface area contributed by atoms with Gasteiger partial charge in [-0.1, -0.05) is 41.9 Å². The molecule has 8 heteroatoms. The minimum atomic E-state index is -0.366. The van der Waals surface area contributed by atoms with E-state index < -0.39 is 0 Å². The van der Waals surface area contributed by atoms with E-state index in [0.717, 1.165) is 21.3 Å². The molecule has 0 unspecified atom stereocenters. The third-order valence-electron chi connectivity index (χ3n) is 4.44. The minimum absolute atomic E-state index is 0.366. The van der Waals surface area contributed by atoms with Crippen LogP contribution >= 0.6 is 27.5 Å². The minimum Gasteiger partial charge on any atom is -0.488 e. The Balaban J connectivity index is 1.54. The van der Waals surface area contributed by atoms with Crippen LogP contribution in [0.2, 0.25) is 5.02 Å². The van der Waals surface area contributed by atoms with E-state index in [9.17, 15) is 4.79 Å². The maximum atomic E-state index is 12.4. The molecule has 31 heavy (non-hydrogen) atoms. The molecule has 0 aliphatic carbocycles. The van der Waals surface area contributed by atoms with E-state index in [-0.39, 0.29) is 6.03 Å². The van der Waals surface area contributed by atoms with Gasteiger partial charge in [-0.15, -0.1) is 0 Å². The average molecular weight is 498 g/mol. The zero-order valence-corrected chi connectivity index (χ0v) is 18.6. The van der Waals surface area contributed by atoms with Crippen LogP contribution in [0.15, 0.2) is 83.5 Å². The maximum absolute atomic E-state index is 12.4. The second-order valence-corrected chi connectivity index (χ2v) is 7.95. The first-order valence-corrected chi connectivity index (χ1v) is 10.6. The van der Waals surface area contributed by atoms with E-state index in [1.165, 1.54) is 0 Å². The first kappa shape index (κ1) is 21.0. The fourth-order valence-electron chi connectivity index (χ4n) is 2.95. The quantitative estimate of drug-likeness (QED) is 0.277. The SMILES string of the molecule is O=C(Nc1ccc(Cl)cc1)Nc1ccc(OCc2ccccc2)c(-c2[nH]ncc2Br)c1. The van der Waals surface area contributed by atoms with E-state index >= 15 is 0 Å². The standard InChI is InChI=1S/C23H18BrClN4O2/c24-20-13-26-29-22(20)19-12-18(28-23(30)27-17-8-6-16(25)7-9-17)10-11-21(19)31-14-15-4-2-1-3-5-15/h1-13H,14H2,(H,26,29)(H2,27,28,30). The summed E-state index contributed by atoms with van der Waals surface area (Å²) < 4.78 is 6.85. The number of aromatic nitrogens is 2. The molecule has 0 fully saturated rings. The van der Waals surface area contributed by atoms with E-state index in [0.29, 0.717) is 28.8 Å². The van der Waals surface area contributed by atoms with Gasteiger partial charge in [0, 0.05) is 22.0 Å². The highest BCUT2D eigenvalue weighted by Crippen LogP contribution is 2.36. The second-order valence-electron chi connectivity index (χ2n) is 6.66. The fourth-order valence-corrected chi connectivity index (χ4v) is 3.48. The maximum Gasteiger partial charge on any atom is 0.323 e. The Bertz CT molecular complexity index is 1180. The molecule has 0 aliphatic rings. The summed E-state index contributed by atoms with van der Waals surface area (Å²) >= 11 is 9.38. The predicted octanol–water partition coefficient (Wildman–Crippen LogP) is 6.72. The van der Waals surface area contributed by atoms with Gasteiger partial charge in [0.15, 0.2) is 0 Å². The Morgan fingerprint density at radius 3 is 2.42 bits per heavy atom. The predicted molar refractivity (Wildman–Crippen MR) is 127 cm³/mol. The molecule has 0 aliphatic heterocycles. The van der Waals surface area contributed by atoms with Crippen LogP contribution in [0.4, 0.5) is 16.2 Å². The molecule has 1 heterocycles. The Kier molecular flexibility index (Phi) is 6.54. The van der Waals surface area contributed by atoms with Crippen LogP contribution in [-0.2, 0) is 6.61 Å². The Morgan fingerprint density at radius 2 is 1.71 bits per heavy atom. The summed E-state index contributed by atoms with van der Waals surface area (Å²) in [6.45, 7) is 0.420. The number of anilines is 2. The van der Waals surface area contributed by atoms with Crippen molar-refractivity contribution in [1.82, 2.24) is 10.2 Å². The molecular weight excluding hydrogens is 480 g/mol. The van der Waals surface area contributed by atoms with E-state index in [4.69, 9.17) is 16.3 Å². The molecular formula is C23H18BrClN4O2. The van der Waals surface area contributed by atoms with Crippen LogP contribution < -0.4 is 15.4 Å². The van der Waals surface area contributed by atoms with Crippen molar-refractivity contribution in [1.29, 1.82) is 0 Å². The van der Waals surface area contributed by atoms with Gasteiger partial charge in [-0.2, -0.15) is 5.10 Å². The number of urea groups is 1. The number of nitrogens with zero attached hydrogens (tertiary/aromatic N) is 1. The molecule has 3 N–H and O–H groups in total. The molecule has 0 radical (unpaired) electrons. The van der Waals surface area contributed by atoms with Crippen LogP contribution in [0.5, 0.6) is 5.75 Å². The number of carbonyl (C=O) groups excluding carboxylic acids is 1. The number of nitrogens with one attached hydrogen (secondary N) is 3. The highest BCUT2D eigenvalue weighted by molar-refractivity contribution is 9.10. The highest BCUT2D eigenvalue weighted by atomic mass is 79.9. The summed E-state index contributed by atoms with van der Waals surface area (Å²) in [7, 11) is 0. The molecule has 0 saturated carbocycles. The van der Waals surface area contributed by atoms with Crippen molar-refractivity contribution in [3.63, 3.8) is 0 Å². The normalized spacial score (nSPS) is 10.5. The summed E-state index contributed by atoms with van der Waals surface area (Å²) in [6, 6.07) is 21.9. The molecule has 0 bridgehead atoms. The lowest BCUT2D eigenvalue weighted by Gasteiger charge is -2.14. The summed E-state index contributed by atoms with van der Waals surface area (Å²) in [5, 5.41) is 13.3. The van der Waals surface area contributed by atoms with Crippen molar-refractivity contribution in [3.05, 3.63) is 94.1 Å². The van der Waals surface area contributed by atoms with Gasteiger partial charge in [0.1, 0.15) is 12.4 Å². The largest absolute Gasteiger partial charge is 0.488 e. The van der Waals surface area contributed by atoms with Crippen molar-refractivity contribution >= 4 is 44.9 Å². The Labute approximate surface area is 192 Å². The molecule has 156 valence electrons. The first-order valence-electron chi connectivity index (χ1n) is 9.42. The number of ether oxygens (including phenoxy) is 1. The van der Waals surface area contributed by atoms with Crippen LogP contribution in [0.1, 0.15) is 5.56 Å². The van der Waals surface area contributed by atoms with Gasteiger partial charge in [-0.05, 0) is 64.0 Å². The molecule has 6 nitrogen and oxygen atoms in total. The van der Waals surface area contributed by atoms with E-state index in [1.807, 2.05) is 42.5 Å². The average Bonchev–Trinajstić information content (AvgIpc) is 3.21. The zero-order valence-electron chi connectivity index (χ0n) is 16.2. The number of hydrogen-bond donors (Lipinski definition) is 3. The number of hydrogen-bond acceptors (Lipinski definition) is 3. The molecule has 1 aromatic heterocycles. The third-order valence-corrected chi connectivity index (χ3v) is 5.29. The van der Waals surface area contributed by atoms with Crippen molar-refractivity contribution < 1.29 is 9.53 Å². The molecule has 4 rings (SSSR count). The summed E-state index contributed by atoms with van der Waals surface area (Å²) in [5.74, 6) is 0.664. The number of H-pyrrole nitrogens is 1. The molecule has 0 atom stereocenters. The van der Waals surface area contributed by atoms with Crippen molar-refractivity contribution in [3.8, 4) is 17.0 Å². The van der Waals surface area contributed by atoms with Crippen LogP contribution in [0.25, 0.3) is 11.3 Å². The molecule has 2 amide bonds. The topological polar surface area (TPSA) is 79.0 Å².